The number of hydrogen-bond donors (Lipinski definition) is 4. The molecule has 0 spiro atoms. The Morgan fingerprint density at radius 1 is 1.25 bits per heavy atom. The Hall–Kier alpha value is -1.73. The zero-order valence-corrected chi connectivity index (χ0v) is 7.89. The third-order valence-electron chi connectivity index (χ3n) is 1.99. The largest absolute Gasteiger partial charge is 0.479 e. The molecule has 0 aliphatic rings. The number of carbonyl (C=O) groups is 1. The van der Waals surface area contributed by atoms with E-state index in [9.17, 15) is 18.7 Å². The van der Waals surface area contributed by atoms with Gasteiger partial charge in [0, 0.05) is 11.6 Å². The van der Waals surface area contributed by atoms with Gasteiger partial charge in [0.2, 0.25) is 0 Å². The molecule has 5 N–H and O–H groups in total. The number of anilines is 1. The van der Waals surface area contributed by atoms with Crippen LogP contribution in [0.5, 0.6) is 0 Å². The molecule has 0 radical (unpaired) electrons. The molecular formula is C9H9F2NO4. The van der Waals surface area contributed by atoms with E-state index in [0.29, 0.717) is 12.1 Å². The first-order valence-corrected chi connectivity index (χ1v) is 4.18. The minimum absolute atomic E-state index is 0.474. The Balaban J connectivity index is 3.13. The summed E-state index contributed by atoms with van der Waals surface area (Å²) in [4.78, 5) is 10.3. The summed E-state index contributed by atoms with van der Waals surface area (Å²) in [6, 6.07) is 1.14. The predicted molar refractivity (Wildman–Crippen MR) is 49.4 cm³/mol. The highest BCUT2D eigenvalue weighted by Crippen LogP contribution is 2.24. The second-order valence-electron chi connectivity index (χ2n) is 3.12. The summed E-state index contributed by atoms with van der Waals surface area (Å²) in [7, 11) is 0. The van der Waals surface area contributed by atoms with E-state index in [1.54, 1.807) is 0 Å². The summed E-state index contributed by atoms with van der Waals surface area (Å²) >= 11 is 0. The van der Waals surface area contributed by atoms with Crippen molar-refractivity contribution in [3.63, 3.8) is 0 Å². The van der Waals surface area contributed by atoms with Gasteiger partial charge in [-0.25, -0.2) is 13.6 Å². The van der Waals surface area contributed by atoms with Gasteiger partial charge in [-0.15, -0.1) is 0 Å². The molecule has 0 fully saturated rings. The minimum Gasteiger partial charge on any atom is -0.479 e. The standard InChI is InChI=1S/C9H9F2NO4/c10-4-2-6(12)5(11)1-3(4)7(13)8(14)9(15)16/h1-2,7-8,13-14H,12H2,(H,15,16). The van der Waals surface area contributed by atoms with Crippen molar-refractivity contribution in [1.29, 1.82) is 0 Å². The van der Waals surface area contributed by atoms with Crippen LogP contribution in [-0.4, -0.2) is 27.4 Å². The number of carboxylic acids is 1. The number of nitrogens with two attached hydrogens (primary N) is 1. The van der Waals surface area contributed by atoms with Crippen molar-refractivity contribution >= 4 is 11.7 Å². The molecule has 0 aliphatic carbocycles. The SMILES string of the molecule is Nc1cc(F)c(C(O)C(O)C(=O)O)cc1F. The highest BCUT2D eigenvalue weighted by Gasteiger charge is 2.28. The van der Waals surface area contributed by atoms with Crippen molar-refractivity contribution in [2.24, 2.45) is 0 Å². The van der Waals surface area contributed by atoms with E-state index in [4.69, 9.17) is 15.9 Å². The molecule has 1 aromatic rings. The second-order valence-corrected chi connectivity index (χ2v) is 3.12. The average molecular weight is 233 g/mol. The molecule has 1 rings (SSSR count). The topological polar surface area (TPSA) is 104 Å². The number of hydrogen-bond acceptors (Lipinski definition) is 4. The maximum absolute atomic E-state index is 13.2. The van der Waals surface area contributed by atoms with Crippen molar-refractivity contribution in [2.45, 2.75) is 12.2 Å². The number of aliphatic hydroxyl groups is 2. The minimum atomic E-state index is -2.24. The van der Waals surface area contributed by atoms with E-state index >= 15 is 0 Å². The predicted octanol–water partition coefficient (Wildman–Crippen LogP) is 0.0259. The number of carboxylic acid groups (broad SMARTS) is 1. The Bertz CT molecular complexity index is 424. The first-order valence-electron chi connectivity index (χ1n) is 4.18. The van der Waals surface area contributed by atoms with E-state index in [-0.39, 0.29) is 0 Å². The van der Waals surface area contributed by atoms with E-state index in [2.05, 4.69) is 0 Å². The van der Waals surface area contributed by atoms with Crippen molar-refractivity contribution < 1.29 is 28.9 Å². The maximum Gasteiger partial charge on any atom is 0.335 e. The molecule has 0 amide bonds. The van der Waals surface area contributed by atoms with E-state index < -0.39 is 41.1 Å². The monoisotopic (exact) mass is 233 g/mol. The number of aliphatic hydroxyl groups excluding tert-OH is 2. The Labute approximate surface area is 88.7 Å². The van der Waals surface area contributed by atoms with Crippen LogP contribution < -0.4 is 5.73 Å². The number of aliphatic carboxylic acids is 1. The van der Waals surface area contributed by atoms with E-state index in [0.717, 1.165) is 0 Å². The number of benzene rings is 1. The van der Waals surface area contributed by atoms with Gasteiger partial charge in [-0.3, -0.25) is 0 Å². The fraction of sp³-hybridized carbons (Fsp3) is 0.222. The fourth-order valence-corrected chi connectivity index (χ4v) is 1.11. The van der Waals surface area contributed by atoms with Crippen LogP contribution in [0.2, 0.25) is 0 Å². The van der Waals surface area contributed by atoms with Gasteiger partial charge in [-0.1, -0.05) is 0 Å². The fourth-order valence-electron chi connectivity index (χ4n) is 1.11. The van der Waals surface area contributed by atoms with E-state index in [1.165, 1.54) is 0 Å². The Morgan fingerprint density at radius 2 is 1.81 bits per heavy atom. The average Bonchev–Trinajstić information content (AvgIpc) is 2.21. The van der Waals surface area contributed by atoms with E-state index in [1.807, 2.05) is 0 Å². The van der Waals surface area contributed by atoms with Gasteiger partial charge in [-0.2, -0.15) is 0 Å². The van der Waals surface area contributed by atoms with Gasteiger partial charge in [0.05, 0.1) is 5.69 Å². The zero-order valence-electron chi connectivity index (χ0n) is 7.89. The highest BCUT2D eigenvalue weighted by molar-refractivity contribution is 5.73. The van der Waals surface area contributed by atoms with Gasteiger partial charge < -0.3 is 21.1 Å². The van der Waals surface area contributed by atoms with Crippen LogP contribution in [0, 0.1) is 11.6 Å². The summed E-state index contributed by atoms with van der Waals surface area (Å²) in [5.74, 6) is -3.84. The zero-order chi connectivity index (χ0) is 12.5. The Morgan fingerprint density at radius 3 is 2.31 bits per heavy atom. The summed E-state index contributed by atoms with van der Waals surface area (Å²) in [6.45, 7) is 0. The lowest BCUT2D eigenvalue weighted by Gasteiger charge is -2.15. The summed E-state index contributed by atoms with van der Waals surface area (Å²) in [5.41, 5.74) is 3.91. The molecule has 0 heterocycles. The molecule has 2 unspecified atom stereocenters. The molecule has 2 atom stereocenters. The number of nitrogen functional groups attached to an aromatic ring is 1. The quantitative estimate of drug-likeness (QED) is 0.551. The van der Waals surface area contributed by atoms with Crippen LogP contribution in [-0.2, 0) is 4.79 Å². The third kappa shape index (κ3) is 2.26. The molecular weight excluding hydrogens is 224 g/mol. The first-order chi connectivity index (χ1) is 7.34. The summed E-state index contributed by atoms with van der Waals surface area (Å²) in [5, 5.41) is 26.6. The summed E-state index contributed by atoms with van der Waals surface area (Å²) < 4.78 is 26.1. The van der Waals surface area contributed by atoms with Crippen LogP contribution in [0.3, 0.4) is 0 Å². The molecule has 7 heteroatoms. The van der Waals surface area contributed by atoms with Crippen LogP contribution in [0.15, 0.2) is 12.1 Å². The smallest absolute Gasteiger partial charge is 0.335 e. The van der Waals surface area contributed by atoms with Crippen LogP contribution in [0.4, 0.5) is 14.5 Å². The molecule has 0 saturated carbocycles. The Kier molecular flexibility index (Phi) is 3.41. The lowest BCUT2D eigenvalue weighted by molar-refractivity contribution is -0.153. The lowest BCUT2D eigenvalue weighted by atomic mass is 10.0. The molecule has 0 aromatic heterocycles. The maximum atomic E-state index is 13.2. The van der Waals surface area contributed by atoms with Gasteiger partial charge in [0.15, 0.2) is 6.10 Å². The normalized spacial score (nSPS) is 14.5. The molecule has 1 aromatic carbocycles. The van der Waals surface area contributed by atoms with Crippen LogP contribution >= 0.6 is 0 Å². The van der Waals surface area contributed by atoms with Gasteiger partial charge in [0.1, 0.15) is 17.7 Å². The van der Waals surface area contributed by atoms with Gasteiger partial charge in [-0.05, 0) is 6.07 Å². The van der Waals surface area contributed by atoms with Crippen molar-refractivity contribution in [1.82, 2.24) is 0 Å². The van der Waals surface area contributed by atoms with Crippen molar-refractivity contribution in [2.75, 3.05) is 5.73 Å². The molecule has 0 bridgehead atoms. The van der Waals surface area contributed by atoms with Crippen LogP contribution in [0.25, 0.3) is 0 Å². The second kappa shape index (κ2) is 4.42. The van der Waals surface area contributed by atoms with Gasteiger partial charge >= 0.3 is 5.97 Å². The molecule has 0 saturated heterocycles. The van der Waals surface area contributed by atoms with Crippen molar-refractivity contribution in [3.05, 3.63) is 29.3 Å². The number of rotatable bonds is 3. The third-order valence-corrected chi connectivity index (χ3v) is 1.99. The van der Waals surface area contributed by atoms with Crippen molar-refractivity contribution in [3.8, 4) is 0 Å². The molecule has 16 heavy (non-hydrogen) atoms. The van der Waals surface area contributed by atoms with Crippen LogP contribution in [0.1, 0.15) is 11.7 Å². The lowest BCUT2D eigenvalue weighted by Crippen LogP contribution is -2.28. The summed E-state index contributed by atoms with van der Waals surface area (Å²) in [6.07, 6.45) is -4.30. The molecule has 0 aliphatic heterocycles. The first kappa shape index (κ1) is 12.3. The molecule has 5 nitrogen and oxygen atoms in total. The van der Waals surface area contributed by atoms with Gasteiger partial charge in [0.25, 0.3) is 0 Å². The molecule has 88 valence electrons. The number of halogens is 2. The highest BCUT2D eigenvalue weighted by atomic mass is 19.1.